The van der Waals surface area contributed by atoms with E-state index in [9.17, 15) is 14.7 Å². The molecule has 2 heterocycles. The van der Waals surface area contributed by atoms with Gasteiger partial charge in [0.1, 0.15) is 6.10 Å². The van der Waals surface area contributed by atoms with E-state index in [-0.39, 0.29) is 24.2 Å². The number of rotatable bonds is 3. The van der Waals surface area contributed by atoms with Crippen LogP contribution in [-0.2, 0) is 4.74 Å². The molecule has 2 aromatic carbocycles. The highest BCUT2D eigenvalue weighted by Gasteiger charge is 2.48. The van der Waals surface area contributed by atoms with E-state index in [0.717, 1.165) is 5.56 Å². The maximum absolute atomic E-state index is 12.4. The van der Waals surface area contributed by atoms with Gasteiger partial charge in [-0.05, 0) is 42.3 Å². The molecular formula is C19H17ClN2O4. The molecule has 2 amide bonds. The third-order valence-corrected chi connectivity index (χ3v) is 5.03. The number of likely N-dealkylation sites (tertiary alicyclic amines) is 1. The van der Waals surface area contributed by atoms with Gasteiger partial charge in [-0.25, -0.2) is 4.79 Å². The summed E-state index contributed by atoms with van der Waals surface area (Å²) in [7, 11) is 0. The van der Waals surface area contributed by atoms with Crippen LogP contribution in [0, 0.1) is 0 Å². The molecular weight excluding hydrogens is 356 g/mol. The van der Waals surface area contributed by atoms with Gasteiger partial charge in [0, 0.05) is 16.3 Å². The topological polar surface area (TPSA) is 78.9 Å². The zero-order valence-electron chi connectivity index (χ0n) is 13.8. The lowest BCUT2D eigenvalue weighted by Crippen LogP contribution is -2.42. The molecule has 0 spiro atoms. The Kier molecular flexibility index (Phi) is 4.30. The Hall–Kier alpha value is -2.57. The molecule has 134 valence electrons. The van der Waals surface area contributed by atoms with Crippen molar-refractivity contribution in [2.75, 3.05) is 11.9 Å². The van der Waals surface area contributed by atoms with Crippen LogP contribution in [0.25, 0.3) is 0 Å². The Bertz CT molecular complexity index is 872. The molecule has 2 aromatic rings. The highest BCUT2D eigenvalue weighted by atomic mass is 35.5. The van der Waals surface area contributed by atoms with Crippen LogP contribution >= 0.6 is 11.6 Å². The van der Waals surface area contributed by atoms with Gasteiger partial charge in [0.15, 0.2) is 0 Å². The van der Waals surface area contributed by atoms with Gasteiger partial charge >= 0.3 is 6.09 Å². The van der Waals surface area contributed by atoms with E-state index in [1.807, 2.05) is 18.2 Å². The summed E-state index contributed by atoms with van der Waals surface area (Å²) < 4.78 is 5.95. The van der Waals surface area contributed by atoms with Crippen LogP contribution in [0.15, 0.2) is 48.5 Å². The van der Waals surface area contributed by atoms with Crippen molar-refractivity contribution in [1.82, 2.24) is 4.90 Å². The fourth-order valence-electron chi connectivity index (χ4n) is 3.66. The Morgan fingerprint density at radius 1 is 1.19 bits per heavy atom. The van der Waals surface area contributed by atoms with Gasteiger partial charge in [-0.3, -0.25) is 9.69 Å². The lowest BCUT2D eigenvalue weighted by molar-refractivity contribution is -0.0286. The molecule has 0 radical (unpaired) electrons. The number of ether oxygens (including phenoxy) is 1. The average Bonchev–Trinajstić information content (AvgIpc) is 3.23. The normalized spacial score (nSPS) is 23.9. The number of nitrogens with zero attached hydrogens (tertiary/aromatic N) is 1. The first-order chi connectivity index (χ1) is 12.5. The monoisotopic (exact) mass is 372 g/mol. The number of hydrogen-bond acceptors (Lipinski definition) is 3. The van der Waals surface area contributed by atoms with E-state index < -0.39 is 6.09 Å². The largest absolute Gasteiger partial charge is 0.465 e. The predicted octanol–water partition coefficient (Wildman–Crippen LogP) is 3.78. The average molecular weight is 373 g/mol. The van der Waals surface area contributed by atoms with Gasteiger partial charge in [0.05, 0.1) is 18.7 Å². The standard InChI is InChI=1S/C19H17ClN2O4/c20-13-5-1-4-12(7-13)18(23)21-14-6-2-3-11(8-14)17-16-9-15(26-17)10-22(16)19(24)25/h1-8,15-17H,9-10H2,(H,21,23)(H,24,25)/t15-,16-,17+/m1/s1. The van der Waals surface area contributed by atoms with E-state index in [2.05, 4.69) is 5.32 Å². The molecule has 0 aromatic heterocycles. The maximum Gasteiger partial charge on any atom is 0.407 e. The summed E-state index contributed by atoms with van der Waals surface area (Å²) in [5.74, 6) is -0.259. The van der Waals surface area contributed by atoms with Gasteiger partial charge in [-0.1, -0.05) is 29.8 Å². The number of carbonyl (C=O) groups is 2. The first kappa shape index (κ1) is 16.9. The van der Waals surface area contributed by atoms with E-state index in [4.69, 9.17) is 16.3 Å². The lowest BCUT2D eigenvalue weighted by Gasteiger charge is -2.31. The van der Waals surface area contributed by atoms with Crippen molar-refractivity contribution >= 4 is 29.3 Å². The summed E-state index contributed by atoms with van der Waals surface area (Å²) in [4.78, 5) is 25.2. The summed E-state index contributed by atoms with van der Waals surface area (Å²) in [6.45, 7) is 0.418. The number of halogens is 1. The second-order valence-corrected chi connectivity index (χ2v) is 6.94. The van der Waals surface area contributed by atoms with E-state index >= 15 is 0 Å². The van der Waals surface area contributed by atoms with Crippen molar-refractivity contribution in [3.05, 3.63) is 64.7 Å². The van der Waals surface area contributed by atoms with E-state index in [1.54, 1.807) is 30.3 Å². The molecule has 0 saturated carbocycles. The van der Waals surface area contributed by atoms with Crippen molar-refractivity contribution in [3.8, 4) is 0 Å². The molecule has 7 heteroatoms. The van der Waals surface area contributed by atoms with Gasteiger partial charge in [-0.2, -0.15) is 0 Å². The van der Waals surface area contributed by atoms with Gasteiger partial charge in [0.25, 0.3) is 5.91 Å². The Morgan fingerprint density at radius 2 is 2.00 bits per heavy atom. The maximum atomic E-state index is 12.4. The summed E-state index contributed by atoms with van der Waals surface area (Å²) in [5.41, 5.74) is 1.95. The number of hydrogen-bond donors (Lipinski definition) is 2. The fourth-order valence-corrected chi connectivity index (χ4v) is 3.85. The van der Waals surface area contributed by atoms with Gasteiger partial charge in [-0.15, -0.1) is 0 Å². The van der Waals surface area contributed by atoms with Crippen LogP contribution < -0.4 is 5.32 Å². The third kappa shape index (κ3) is 3.13. The molecule has 2 aliphatic rings. The minimum absolute atomic E-state index is 0.0641. The molecule has 3 atom stereocenters. The van der Waals surface area contributed by atoms with E-state index in [1.165, 1.54) is 4.90 Å². The van der Waals surface area contributed by atoms with Crippen molar-refractivity contribution in [1.29, 1.82) is 0 Å². The first-order valence-corrected chi connectivity index (χ1v) is 8.71. The zero-order chi connectivity index (χ0) is 18.3. The number of amides is 2. The molecule has 0 unspecified atom stereocenters. The second kappa shape index (κ2) is 6.63. The summed E-state index contributed by atoms with van der Waals surface area (Å²) in [6, 6.07) is 13.9. The molecule has 2 N–H and O–H groups in total. The van der Waals surface area contributed by atoms with Crippen LogP contribution in [0.1, 0.15) is 28.4 Å². The second-order valence-electron chi connectivity index (χ2n) is 6.51. The number of morpholine rings is 1. The molecule has 26 heavy (non-hydrogen) atoms. The minimum atomic E-state index is -0.920. The van der Waals surface area contributed by atoms with Crippen molar-refractivity contribution in [3.63, 3.8) is 0 Å². The quantitative estimate of drug-likeness (QED) is 0.859. The van der Waals surface area contributed by atoms with Crippen LogP contribution in [0.3, 0.4) is 0 Å². The highest BCUT2D eigenvalue weighted by molar-refractivity contribution is 6.31. The Balaban J connectivity index is 1.52. The molecule has 2 aliphatic heterocycles. The van der Waals surface area contributed by atoms with E-state index in [0.29, 0.717) is 29.2 Å². The fraction of sp³-hybridized carbons (Fsp3) is 0.263. The van der Waals surface area contributed by atoms with Crippen LogP contribution in [0.5, 0.6) is 0 Å². The van der Waals surface area contributed by atoms with Crippen molar-refractivity contribution < 1.29 is 19.4 Å². The number of nitrogens with one attached hydrogen (secondary N) is 1. The molecule has 0 aliphatic carbocycles. The number of fused-ring (bicyclic) bond motifs is 2. The molecule has 2 saturated heterocycles. The van der Waals surface area contributed by atoms with Crippen LogP contribution in [-0.4, -0.2) is 40.7 Å². The lowest BCUT2D eigenvalue weighted by atomic mass is 10.0. The third-order valence-electron chi connectivity index (χ3n) is 4.80. The molecule has 4 rings (SSSR count). The van der Waals surface area contributed by atoms with Crippen molar-refractivity contribution in [2.45, 2.75) is 24.7 Å². The van der Waals surface area contributed by atoms with Crippen LogP contribution in [0.2, 0.25) is 5.02 Å². The van der Waals surface area contributed by atoms with Crippen LogP contribution in [0.4, 0.5) is 10.5 Å². The SMILES string of the molecule is O=C(Nc1cccc([C@@H]2O[C@@H]3C[C@H]2N(C(=O)O)C3)c1)c1cccc(Cl)c1. The van der Waals surface area contributed by atoms with Gasteiger partial charge in [0.2, 0.25) is 0 Å². The summed E-state index contributed by atoms with van der Waals surface area (Å²) in [5, 5.41) is 12.7. The Morgan fingerprint density at radius 3 is 2.73 bits per heavy atom. The van der Waals surface area contributed by atoms with Gasteiger partial charge < -0.3 is 15.2 Å². The molecule has 2 bridgehead atoms. The Labute approximate surface area is 155 Å². The number of carbonyl (C=O) groups excluding carboxylic acids is 1. The molecule has 6 nitrogen and oxygen atoms in total. The highest BCUT2D eigenvalue weighted by Crippen LogP contribution is 2.42. The predicted molar refractivity (Wildman–Crippen MR) is 96.6 cm³/mol. The zero-order valence-corrected chi connectivity index (χ0v) is 14.5. The number of benzene rings is 2. The summed E-state index contributed by atoms with van der Waals surface area (Å²) in [6.07, 6.45) is -0.592. The number of anilines is 1. The first-order valence-electron chi connectivity index (χ1n) is 8.33. The minimum Gasteiger partial charge on any atom is -0.465 e. The van der Waals surface area contributed by atoms with Crippen molar-refractivity contribution in [2.24, 2.45) is 0 Å². The summed E-state index contributed by atoms with van der Waals surface area (Å²) >= 11 is 5.93. The smallest absolute Gasteiger partial charge is 0.407 e. The molecule has 2 fully saturated rings. The number of carboxylic acid groups (broad SMARTS) is 1.